The standard InChI is InChI=1S/C13H19N5OS/c1-8(2)11-12(20-18-16-11)13-17-15-10(19-13)4-3-7-14-9-5-6-9/h8-9,14H,3-7H2,1-2H3. The molecule has 2 aromatic heterocycles. The molecule has 0 spiro atoms. The smallest absolute Gasteiger partial charge is 0.261 e. The molecule has 2 aromatic rings. The summed E-state index contributed by atoms with van der Waals surface area (Å²) in [4.78, 5) is 0.898. The third-order valence-corrected chi connectivity index (χ3v) is 4.03. The van der Waals surface area contributed by atoms with E-state index >= 15 is 0 Å². The van der Waals surface area contributed by atoms with E-state index in [4.69, 9.17) is 4.42 Å². The number of rotatable bonds is 7. The van der Waals surface area contributed by atoms with Crippen LogP contribution in [0.2, 0.25) is 0 Å². The molecule has 1 fully saturated rings. The van der Waals surface area contributed by atoms with Gasteiger partial charge in [-0.2, -0.15) is 0 Å². The van der Waals surface area contributed by atoms with Crippen LogP contribution >= 0.6 is 11.5 Å². The Balaban J connectivity index is 1.59. The molecule has 0 amide bonds. The first kappa shape index (κ1) is 13.6. The van der Waals surface area contributed by atoms with Crippen molar-refractivity contribution in [3.63, 3.8) is 0 Å². The first-order chi connectivity index (χ1) is 9.74. The molecule has 1 N–H and O–H groups in total. The van der Waals surface area contributed by atoms with E-state index < -0.39 is 0 Å². The highest BCUT2D eigenvalue weighted by molar-refractivity contribution is 7.09. The van der Waals surface area contributed by atoms with Crippen LogP contribution in [-0.2, 0) is 6.42 Å². The van der Waals surface area contributed by atoms with Crippen LogP contribution in [0.1, 0.15) is 50.6 Å². The number of nitrogens with zero attached hydrogens (tertiary/aromatic N) is 4. The Kier molecular flexibility index (Phi) is 4.07. The molecule has 0 saturated heterocycles. The van der Waals surface area contributed by atoms with E-state index in [1.807, 2.05) is 0 Å². The van der Waals surface area contributed by atoms with Crippen molar-refractivity contribution >= 4 is 11.5 Å². The molecule has 0 bridgehead atoms. The second-order valence-electron chi connectivity index (χ2n) is 5.47. The summed E-state index contributed by atoms with van der Waals surface area (Å²) in [6.07, 6.45) is 4.48. The molecule has 20 heavy (non-hydrogen) atoms. The summed E-state index contributed by atoms with van der Waals surface area (Å²) in [6.45, 7) is 5.18. The van der Waals surface area contributed by atoms with Crippen LogP contribution in [0.5, 0.6) is 0 Å². The quantitative estimate of drug-likeness (QED) is 0.790. The van der Waals surface area contributed by atoms with Gasteiger partial charge in [0.05, 0.1) is 5.69 Å². The zero-order chi connectivity index (χ0) is 13.9. The lowest BCUT2D eigenvalue weighted by atomic mass is 10.1. The van der Waals surface area contributed by atoms with Crippen molar-refractivity contribution in [1.82, 2.24) is 25.1 Å². The van der Waals surface area contributed by atoms with Crippen LogP contribution in [-0.4, -0.2) is 32.4 Å². The Bertz CT molecular complexity index is 561. The molecule has 1 aliphatic carbocycles. The van der Waals surface area contributed by atoms with Gasteiger partial charge in [0.1, 0.15) is 4.88 Å². The van der Waals surface area contributed by atoms with Crippen molar-refractivity contribution in [3.05, 3.63) is 11.6 Å². The van der Waals surface area contributed by atoms with E-state index in [9.17, 15) is 0 Å². The molecular weight excluding hydrogens is 274 g/mol. The minimum absolute atomic E-state index is 0.307. The first-order valence-corrected chi connectivity index (χ1v) is 7.89. The van der Waals surface area contributed by atoms with Gasteiger partial charge in [-0.05, 0) is 43.3 Å². The topological polar surface area (TPSA) is 76.7 Å². The molecule has 0 aromatic carbocycles. The second-order valence-corrected chi connectivity index (χ2v) is 6.23. The van der Waals surface area contributed by atoms with Crippen LogP contribution in [0.15, 0.2) is 4.42 Å². The van der Waals surface area contributed by atoms with Gasteiger partial charge in [-0.15, -0.1) is 15.3 Å². The summed E-state index contributed by atoms with van der Waals surface area (Å²) in [6, 6.07) is 0.755. The van der Waals surface area contributed by atoms with Gasteiger partial charge in [0.2, 0.25) is 5.89 Å². The molecule has 108 valence electrons. The molecule has 7 heteroatoms. The molecule has 0 atom stereocenters. The van der Waals surface area contributed by atoms with Crippen molar-refractivity contribution in [2.75, 3.05) is 6.54 Å². The monoisotopic (exact) mass is 293 g/mol. The molecule has 0 radical (unpaired) electrons. The van der Waals surface area contributed by atoms with E-state index in [0.29, 0.717) is 17.7 Å². The van der Waals surface area contributed by atoms with Crippen molar-refractivity contribution in [2.45, 2.75) is 51.5 Å². The summed E-state index contributed by atoms with van der Waals surface area (Å²) in [5.41, 5.74) is 0.931. The molecule has 3 rings (SSSR count). The molecule has 2 heterocycles. The fourth-order valence-corrected chi connectivity index (χ4v) is 2.74. The van der Waals surface area contributed by atoms with Crippen LogP contribution < -0.4 is 5.32 Å². The largest absolute Gasteiger partial charge is 0.420 e. The highest BCUT2D eigenvalue weighted by Crippen LogP contribution is 2.29. The van der Waals surface area contributed by atoms with Crippen molar-refractivity contribution in [2.24, 2.45) is 0 Å². The van der Waals surface area contributed by atoms with Crippen molar-refractivity contribution in [3.8, 4) is 10.8 Å². The summed E-state index contributed by atoms with van der Waals surface area (Å²) < 4.78 is 9.71. The van der Waals surface area contributed by atoms with Crippen molar-refractivity contribution in [1.29, 1.82) is 0 Å². The second kappa shape index (κ2) is 5.97. The van der Waals surface area contributed by atoms with E-state index in [0.717, 1.165) is 36.0 Å². The van der Waals surface area contributed by atoms with Crippen LogP contribution in [0, 0.1) is 0 Å². The Hall–Kier alpha value is -1.34. The number of nitrogens with one attached hydrogen (secondary N) is 1. The summed E-state index contributed by atoms with van der Waals surface area (Å²) in [5.74, 6) is 1.55. The summed E-state index contributed by atoms with van der Waals surface area (Å²) in [7, 11) is 0. The van der Waals surface area contributed by atoms with Crippen LogP contribution in [0.25, 0.3) is 10.8 Å². The van der Waals surface area contributed by atoms with Gasteiger partial charge in [-0.3, -0.25) is 0 Å². The fraction of sp³-hybridized carbons (Fsp3) is 0.692. The Morgan fingerprint density at radius 1 is 1.30 bits per heavy atom. The Morgan fingerprint density at radius 3 is 2.90 bits per heavy atom. The molecule has 0 unspecified atom stereocenters. The average molecular weight is 293 g/mol. The SMILES string of the molecule is CC(C)c1nnsc1-c1nnc(CCCNC2CC2)o1. The zero-order valence-corrected chi connectivity index (χ0v) is 12.6. The fourth-order valence-electron chi connectivity index (χ4n) is 2.00. The molecule has 6 nitrogen and oxygen atoms in total. The molecular formula is C13H19N5OS. The highest BCUT2D eigenvalue weighted by atomic mass is 32.1. The van der Waals surface area contributed by atoms with Gasteiger partial charge in [0, 0.05) is 12.5 Å². The maximum atomic E-state index is 5.72. The van der Waals surface area contributed by atoms with E-state index in [1.165, 1.54) is 24.4 Å². The first-order valence-electron chi connectivity index (χ1n) is 7.12. The maximum Gasteiger partial charge on any atom is 0.261 e. The molecule has 1 saturated carbocycles. The predicted molar refractivity (Wildman–Crippen MR) is 76.6 cm³/mol. The Labute approximate surface area is 122 Å². The van der Waals surface area contributed by atoms with Crippen LogP contribution in [0.4, 0.5) is 0 Å². The third kappa shape index (κ3) is 3.21. The van der Waals surface area contributed by atoms with Gasteiger partial charge in [0.25, 0.3) is 5.89 Å². The zero-order valence-electron chi connectivity index (χ0n) is 11.8. The lowest BCUT2D eigenvalue weighted by Crippen LogP contribution is -2.17. The summed E-state index contributed by atoms with van der Waals surface area (Å²) >= 11 is 1.32. The third-order valence-electron chi connectivity index (χ3n) is 3.30. The summed E-state index contributed by atoms with van der Waals surface area (Å²) in [5, 5.41) is 15.8. The average Bonchev–Trinajstić information content (AvgIpc) is 2.93. The lowest BCUT2D eigenvalue weighted by molar-refractivity contribution is 0.491. The van der Waals surface area contributed by atoms with Gasteiger partial charge in [0.15, 0.2) is 0 Å². The highest BCUT2D eigenvalue weighted by Gasteiger charge is 2.20. The maximum absolute atomic E-state index is 5.72. The van der Waals surface area contributed by atoms with E-state index in [-0.39, 0.29) is 0 Å². The number of hydrogen-bond acceptors (Lipinski definition) is 7. The minimum Gasteiger partial charge on any atom is -0.420 e. The predicted octanol–water partition coefficient (Wildman–Crippen LogP) is 2.40. The Morgan fingerprint density at radius 2 is 2.15 bits per heavy atom. The molecule has 0 aliphatic heterocycles. The van der Waals surface area contributed by atoms with Crippen molar-refractivity contribution < 1.29 is 4.42 Å². The number of hydrogen-bond donors (Lipinski definition) is 1. The van der Waals surface area contributed by atoms with Gasteiger partial charge in [-0.1, -0.05) is 18.3 Å². The van der Waals surface area contributed by atoms with Gasteiger partial charge < -0.3 is 9.73 Å². The van der Waals surface area contributed by atoms with Crippen LogP contribution in [0.3, 0.4) is 0 Å². The lowest BCUT2D eigenvalue weighted by Gasteiger charge is -2.00. The van der Waals surface area contributed by atoms with E-state index in [2.05, 4.69) is 38.9 Å². The van der Waals surface area contributed by atoms with E-state index in [1.54, 1.807) is 0 Å². The minimum atomic E-state index is 0.307. The van der Waals surface area contributed by atoms with Gasteiger partial charge >= 0.3 is 0 Å². The normalized spacial score (nSPS) is 15.2. The van der Waals surface area contributed by atoms with Gasteiger partial charge in [-0.25, -0.2) is 0 Å². The number of aryl methyl sites for hydroxylation is 1. The molecule has 1 aliphatic rings. The number of aromatic nitrogens is 4.